The van der Waals surface area contributed by atoms with Crippen LogP contribution in [-0.2, 0) is 0 Å². The van der Waals surface area contributed by atoms with Gasteiger partial charge in [0.15, 0.2) is 11.5 Å². The molecular formula is C48H29BO5. The van der Waals surface area contributed by atoms with Crippen LogP contribution in [0.15, 0.2) is 144 Å². The van der Waals surface area contributed by atoms with Gasteiger partial charge in [0.1, 0.15) is 19.0 Å². The quantitative estimate of drug-likeness (QED) is 0.0639. The van der Waals surface area contributed by atoms with Crippen molar-refractivity contribution in [2.45, 2.75) is 0 Å². The number of rotatable bonds is 3. The summed E-state index contributed by atoms with van der Waals surface area (Å²) in [6.45, 7) is 0. The molecule has 0 aliphatic carbocycles. The lowest BCUT2D eigenvalue weighted by Gasteiger charge is -2.19. The number of hydrogen-bond donors (Lipinski definition) is 4. The lowest BCUT2D eigenvalue weighted by molar-refractivity contribution is 0.348. The molecular weight excluding hydrogens is 667 g/mol. The lowest BCUT2D eigenvalue weighted by atomic mass is 9.82. The summed E-state index contributed by atoms with van der Waals surface area (Å²) >= 11 is 0. The van der Waals surface area contributed by atoms with Crippen molar-refractivity contribution in [3.8, 4) is 56.4 Å². The van der Waals surface area contributed by atoms with Crippen molar-refractivity contribution in [2.24, 2.45) is 0 Å². The summed E-state index contributed by atoms with van der Waals surface area (Å²) in [5, 5.41) is 56.4. The van der Waals surface area contributed by atoms with Gasteiger partial charge in [-0.3, -0.25) is 0 Å². The minimum absolute atomic E-state index is 0.205. The van der Waals surface area contributed by atoms with Gasteiger partial charge in [-0.2, -0.15) is 0 Å². The second-order valence-corrected chi connectivity index (χ2v) is 14.2. The minimum atomic E-state index is -0.780. The van der Waals surface area contributed by atoms with E-state index in [-0.39, 0.29) is 11.0 Å². The number of aromatic hydroxyl groups is 4. The molecule has 254 valence electrons. The van der Waals surface area contributed by atoms with Crippen molar-refractivity contribution < 1.29 is 24.8 Å². The Labute approximate surface area is 308 Å². The zero-order valence-electron chi connectivity index (χ0n) is 29.0. The lowest BCUT2D eigenvalue weighted by Crippen LogP contribution is -2.08. The maximum absolute atomic E-state index is 11.2. The molecule has 4 N–H and O–H groups in total. The van der Waals surface area contributed by atoms with Crippen LogP contribution >= 0.6 is 0 Å². The molecule has 0 bridgehead atoms. The summed E-state index contributed by atoms with van der Waals surface area (Å²) in [5.74, 6) is -2.56. The van der Waals surface area contributed by atoms with Gasteiger partial charge in [-0.1, -0.05) is 115 Å². The van der Waals surface area contributed by atoms with E-state index in [1.54, 1.807) is 7.85 Å². The first kappa shape index (κ1) is 30.5. The van der Waals surface area contributed by atoms with Gasteiger partial charge < -0.3 is 24.8 Å². The molecule has 54 heavy (non-hydrogen) atoms. The molecule has 0 aliphatic heterocycles. The third-order valence-electron chi connectivity index (χ3n) is 11.4. The molecule has 10 aromatic carbocycles. The molecule has 0 aliphatic rings. The van der Waals surface area contributed by atoms with E-state index in [0.717, 1.165) is 43.4 Å². The van der Waals surface area contributed by atoms with Crippen LogP contribution in [0, 0.1) is 0 Å². The predicted octanol–water partition coefficient (Wildman–Crippen LogP) is 10.9. The summed E-state index contributed by atoms with van der Waals surface area (Å²) in [5.41, 5.74) is 6.47. The van der Waals surface area contributed by atoms with E-state index < -0.39 is 23.0 Å². The molecule has 5 nitrogen and oxygen atoms in total. The summed E-state index contributed by atoms with van der Waals surface area (Å²) in [4.78, 5) is 0. The van der Waals surface area contributed by atoms with Gasteiger partial charge >= 0.3 is 0 Å². The Balaban J connectivity index is 1.23. The Morgan fingerprint density at radius 1 is 0.370 bits per heavy atom. The van der Waals surface area contributed by atoms with Crippen LogP contribution in [0.5, 0.6) is 23.0 Å². The van der Waals surface area contributed by atoms with E-state index in [1.165, 1.54) is 43.4 Å². The van der Waals surface area contributed by atoms with Crippen LogP contribution in [0.1, 0.15) is 0 Å². The predicted molar refractivity (Wildman–Crippen MR) is 224 cm³/mol. The topological polar surface area (TPSA) is 94.1 Å². The minimum Gasteiger partial charge on any atom is -0.505 e. The first-order valence-corrected chi connectivity index (χ1v) is 17.9. The van der Waals surface area contributed by atoms with Crippen LogP contribution in [0.4, 0.5) is 0 Å². The number of hydrogen-bond acceptors (Lipinski definition) is 5. The summed E-state index contributed by atoms with van der Waals surface area (Å²) in [6.07, 6.45) is 0. The molecule has 0 radical (unpaired) electrons. The van der Waals surface area contributed by atoms with Crippen LogP contribution in [0.25, 0.3) is 109 Å². The average molecular weight is 697 g/mol. The number of phenols is 4. The highest BCUT2D eigenvalue weighted by atomic mass is 16.3. The van der Waals surface area contributed by atoms with E-state index in [0.29, 0.717) is 16.7 Å². The highest BCUT2D eigenvalue weighted by molar-refractivity contribution is 6.39. The van der Waals surface area contributed by atoms with E-state index in [9.17, 15) is 20.4 Å². The highest BCUT2D eigenvalue weighted by Crippen LogP contribution is 2.50. The molecule has 1 heterocycles. The Hall–Kier alpha value is -7.18. The largest absolute Gasteiger partial charge is 0.505 e. The number of para-hydroxylation sites is 1. The van der Waals surface area contributed by atoms with Crippen LogP contribution in [-0.4, -0.2) is 28.3 Å². The molecule has 0 saturated carbocycles. The first-order valence-electron chi connectivity index (χ1n) is 17.9. The van der Waals surface area contributed by atoms with Crippen molar-refractivity contribution in [3.63, 3.8) is 0 Å². The third-order valence-corrected chi connectivity index (χ3v) is 11.4. The van der Waals surface area contributed by atoms with E-state index >= 15 is 0 Å². The fourth-order valence-electron chi connectivity index (χ4n) is 8.93. The van der Waals surface area contributed by atoms with Crippen LogP contribution in [0.2, 0.25) is 0 Å². The second kappa shape index (κ2) is 10.9. The molecule has 0 spiro atoms. The standard InChI is InChI=1S/C48H29BO5/c49-44-42(45(50)47(52)48(53)46(44)51)27-22-37(43-35-11-5-6-12-38(35)54-39(43)23-27)32-18-14-25-15-19-33-31(17-13-24-16-20-34(32)41(25)40(24)33)36-21-26-7-1-2-8-28(26)29-9-3-4-10-30(29)36/h1-23,50-53H,49H2. The Kier molecular flexibility index (Phi) is 6.16. The van der Waals surface area contributed by atoms with Gasteiger partial charge in [0.25, 0.3) is 0 Å². The van der Waals surface area contributed by atoms with Crippen LogP contribution < -0.4 is 5.46 Å². The normalized spacial score (nSPS) is 12.1. The molecule has 6 heteroatoms. The van der Waals surface area contributed by atoms with Crippen molar-refractivity contribution in [2.75, 3.05) is 0 Å². The maximum atomic E-state index is 11.2. The van der Waals surface area contributed by atoms with E-state index in [4.69, 9.17) is 4.42 Å². The monoisotopic (exact) mass is 696 g/mol. The molecule has 0 saturated heterocycles. The van der Waals surface area contributed by atoms with Crippen molar-refractivity contribution in [1.82, 2.24) is 0 Å². The fourth-order valence-corrected chi connectivity index (χ4v) is 8.93. The summed E-state index contributed by atoms with van der Waals surface area (Å²) < 4.78 is 6.44. The number of fused-ring (bicyclic) bond motifs is 6. The van der Waals surface area contributed by atoms with Crippen molar-refractivity contribution >= 4 is 89.1 Å². The molecule has 0 atom stereocenters. The molecule has 0 fully saturated rings. The Morgan fingerprint density at radius 3 is 1.67 bits per heavy atom. The number of benzene rings is 10. The average Bonchev–Trinajstić information content (AvgIpc) is 3.59. The maximum Gasteiger partial charge on any atom is 0.204 e. The SMILES string of the molecule is Bc1c(O)c(O)c(O)c(O)c1-c1cc(-c2ccc3ccc4c(-c5cc6ccccc6c6ccccc56)ccc5ccc2c3c54)c2c(c1)oc1ccccc12. The fraction of sp³-hybridized carbons (Fsp3) is 0. The van der Waals surface area contributed by atoms with Gasteiger partial charge in [-0.05, 0) is 111 Å². The molecule has 0 unspecified atom stereocenters. The number of phenolic OH excluding ortho intramolecular Hbond substituents is 4. The van der Waals surface area contributed by atoms with Gasteiger partial charge in [-0.25, -0.2) is 0 Å². The third kappa shape index (κ3) is 4.05. The molecule has 1 aromatic heterocycles. The Bertz CT molecular complexity index is 3370. The highest BCUT2D eigenvalue weighted by Gasteiger charge is 2.25. The molecule has 11 aromatic rings. The first-order chi connectivity index (χ1) is 26.4. The van der Waals surface area contributed by atoms with E-state index in [1.807, 2.05) is 36.4 Å². The molecule has 11 rings (SSSR count). The van der Waals surface area contributed by atoms with Crippen molar-refractivity contribution in [3.05, 3.63) is 140 Å². The summed E-state index contributed by atoms with van der Waals surface area (Å²) in [7, 11) is 1.60. The molecule has 0 amide bonds. The van der Waals surface area contributed by atoms with Gasteiger partial charge in [0, 0.05) is 16.3 Å². The van der Waals surface area contributed by atoms with Gasteiger partial charge in [-0.15, -0.1) is 0 Å². The zero-order valence-corrected chi connectivity index (χ0v) is 29.0. The van der Waals surface area contributed by atoms with Gasteiger partial charge in [0.05, 0.1) is 0 Å². The van der Waals surface area contributed by atoms with Crippen LogP contribution in [0.3, 0.4) is 0 Å². The Morgan fingerprint density at radius 2 is 0.944 bits per heavy atom. The second-order valence-electron chi connectivity index (χ2n) is 14.2. The van der Waals surface area contributed by atoms with E-state index in [2.05, 4.69) is 103 Å². The van der Waals surface area contributed by atoms with Gasteiger partial charge in [0.2, 0.25) is 11.5 Å². The smallest absolute Gasteiger partial charge is 0.204 e. The van der Waals surface area contributed by atoms with Crippen molar-refractivity contribution in [1.29, 1.82) is 0 Å². The summed E-state index contributed by atoms with van der Waals surface area (Å²) in [6, 6.07) is 48.8. The number of furan rings is 1. The zero-order chi connectivity index (χ0) is 36.4.